The van der Waals surface area contributed by atoms with Gasteiger partial charge < -0.3 is 33.7 Å². The molecular weight excluding hydrogens is 318 g/mol. The number of morpholine rings is 1. The third-order valence-corrected chi connectivity index (χ3v) is 4.45. The Hall–Kier alpha value is -0.770. The molecule has 1 amide bonds. The van der Waals surface area contributed by atoms with Crippen LogP contribution in [0.15, 0.2) is 0 Å². The summed E-state index contributed by atoms with van der Waals surface area (Å²) >= 11 is 0. The fraction of sp³-hybridized carbons (Fsp3) is 0.938. The molecule has 8 nitrogen and oxygen atoms in total. The maximum Gasteiger partial charge on any atom is 0.254 e. The summed E-state index contributed by atoms with van der Waals surface area (Å²) in [7, 11) is 0. The first-order chi connectivity index (χ1) is 11.2. The Morgan fingerprint density at radius 1 is 1.08 bits per heavy atom. The number of aliphatic hydroxyl groups excluding tert-OH is 1. The molecule has 3 aliphatic rings. The molecule has 8 heteroatoms. The lowest BCUT2D eigenvalue weighted by molar-refractivity contribution is -0.176. The highest BCUT2D eigenvalue weighted by atomic mass is 16.8. The largest absolute Gasteiger partial charge is 0.380 e. The van der Waals surface area contributed by atoms with E-state index in [4.69, 9.17) is 23.7 Å². The fourth-order valence-electron chi connectivity index (χ4n) is 3.34. The van der Waals surface area contributed by atoms with Gasteiger partial charge in [-0.25, -0.2) is 0 Å². The highest BCUT2D eigenvalue weighted by Crippen LogP contribution is 2.37. The molecule has 1 N–H and O–H groups in total. The van der Waals surface area contributed by atoms with Crippen molar-refractivity contribution in [2.24, 2.45) is 0 Å². The number of amides is 1. The predicted molar refractivity (Wildman–Crippen MR) is 82.1 cm³/mol. The Balaban J connectivity index is 1.72. The summed E-state index contributed by atoms with van der Waals surface area (Å²) in [4.78, 5) is 14.2. The van der Waals surface area contributed by atoms with E-state index in [2.05, 4.69) is 0 Å². The van der Waals surface area contributed by atoms with E-state index in [-0.39, 0.29) is 5.91 Å². The third-order valence-electron chi connectivity index (χ3n) is 4.45. The molecule has 0 radical (unpaired) electrons. The zero-order valence-corrected chi connectivity index (χ0v) is 14.7. The van der Waals surface area contributed by atoms with Gasteiger partial charge >= 0.3 is 0 Å². The van der Waals surface area contributed by atoms with Crippen LogP contribution < -0.4 is 0 Å². The summed E-state index contributed by atoms with van der Waals surface area (Å²) in [5.41, 5.74) is 0. The number of hydrogen-bond acceptors (Lipinski definition) is 7. The van der Waals surface area contributed by atoms with Gasteiger partial charge in [-0.15, -0.1) is 0 Å². The molecule has 3 heterocycles. The topological polar surface area (TPSA) is 86.7 Å². The van der Waals surface area contributed by atoms with Crippen molar-refractivity contribution in [1.82, 2.24) is 4.90 Å². The van der Waals surface area contributed by atoms with E-state index in [0.717, 1.165) is 0 Å². The number of rotatable bonds is 3. The van der Waals surface area contributed by atoms with Crippen molar-refractivity contribution in [2.45, 2.75) is 63.7 Å². The second kappa shape index (κ2) is 6.51. The van der Waals surface area contributed by atoms with Crippen molar-refractivity contribution in [3.63, 3.8) is 0 Å². The molecule has 0 aromatic heterocycles. The Labute approximate surface area is 141 Å². The van der Waals surface area contributed by atoms with Crippen LogP contribution in [0, 0.1) is 0 Å². The van der Waals surface area contributed by atoms with Gasteiger partial charge in [0.1, 0.15) is 18.3 Å². The van der Waals surface area contributed by atoms with Crippen molar-refractivity contribution in [3.8, 4) is 0 Å². The van der Waals surface area contributed by atoms with Crippen LogP contribution in [0.5, 0.6) is 0 Å². The van der Waals surface area contributed by atoms with Crippen LogP contribution in [0.1, 0.15) is 27.7 Å². The van der Waals surface area contributed by atoms with Gasteiger partial charge in [-0.05, 0) is 27.7 Å². The normalized spacial score (nSPS) is 36.7. The van der Waals surface area contributed by atoms with Crippen LogP contribution in [-0.4, -0.2) is 84.8 Å². The molecule has 0 bridgehead atoms. The first-order valence-electron chi connectivity index (χ1n) is 8.40. The van der Waals surface area contributed by atoms with Crippen LogP contribution in [0.25, 0.3) is 0 Å². The van der Waals surface area contributed by atoms with Crippen LogP contribution in [0.3, 0.4) is 0 Å². The van der Waals surface area contributed by atoms with Crippen molar-refractivity contribution < 1.29 is 33.6 Å². The molecule has 0 spiro atoms. The summed E-state index contributed by atoms with van der Waals surface area (Å²) in [5, 5.41) is 10.6. The van der Waals surface area contributed by atoms with Gasteiger partial charge in [0.15, 0.2) is 17.7 Å². The van der Waals surface area contributed by atoms with Crippen molar-refractivity contribution in [2.75, 3.05) is 32.9 Å². The number of carbonyl (C=O) groups is 1. The van der Waals surface area contributed by atoms with Gasteiger partial charge in [0.2, 0.25) is 0 Å². The minimum Gasteiger partial charge on any atom is -0.380 e. The zero-order chi connectivity index (χ0) is 17.5. The fourth-order valence-corrected chi connectivity index (χ4v) is 3.34. The van der Waals surface area contributed by atoms with Crippen LogP contribution >= 0.6 is 0 Å². The Kier molecular flexibility index (Phi) is 4.89. The molecule has 0 aliphatic carbocycles. The van der Waals surface area contributed by atoms with Crippen LogP contribution in [0.2, 0.25) is 0 Å². The van der Waals surface area contributed by atoms with Gasteiger partial charge in [0.25, 0.3) is 5.91 Å². The molecule has 3 rings (SSSR count). The van der Waals surface area contributed by atoms with Gasteiger partial charge in [0.05, 0.1) is 19.8 Å². The number of ether oxygens (including phenoxy) is 5. The molecule has 0 unspecified atom stereocenters. The molecular formula is C16H27NO7. The highest BCUT2D eigenvalue weighted by molar-refractivity contribution is 5.81. The number of nitrogens with zero attached hydrogens (tertiary/aromatic N) is 1. The van der Waals surface area contributed by atoms with Gasteiger partial charge in [-0.3, -0.25) is 4.79 Å². The highest BCUT2D eigenvalue weighted by Gasteiger charge is 2.53. The Bertz CT molecular complexity index is 475. The molecule has 3 fully saturated rings. The zero-order valence-electron chi connectivity index (χ0n) is 14.7. The molecule has 0 aromatic carbocycles. The van der Waals surface area contributed by atoms with E-state index < -0.39 is 36.0 Å². The third kappa shape index (κ3) is 3.74. The molecule has 0 saturated carbocycles. The van der Waals surface area contributed by atoms with Crippen molar-refractivity contribution in [3.05, 3.63) is 0 Å². The SMILES string of the molecule is CC1(C)O[C@H]([C@H]2COC(C)(C)O2)[C@@H]([C@@H](O)C(=O)N2CCOCC2)O1. The van der Waals surface area contributed by atoms with E-state index >= 15 is 0 Å². The summed E-state index contributed by atoms with van der Waals surface area (Å²) in [6.07, 6.45) is -3.11. The lowest BCUT2D eigenvalue weighted by atomic mass is 10.0. The maximum absolute atomic E-state index is 12.6. The second-order valence-corrected chi connectivity index (χ2v) is 7.31. The molecule has 24 heavy (non-hydrogen) atoms. The van der Waals surface area contributed by atoms with E-state index in [0.29, 0.717) is 32.9 Å². The Morgan fingerprint density at radius 3 is 2.33 bits per heavy atom. The Morgan fingerprint density at radius 2 is 1.75 bits per heavy atom. The maximum atomic E-state index is 12.6. The van der Waals surface area contributed by atoms with Crippen molar-refractivity contribution >= 4 is 5.91 Å². The van der Waals surface area contributed by atoms with Gasteiger partial charge in [0, 0.05) is 13.1 Å². The van der Waals surface area contributed by atoms with E-state index in [1.54, 1.807) is 18.7 Å². The molecule has 3 aliphatic heterocycles. The first kappa shape index (κ1) is 18.0. The summed E-state index contributed by atoms with van der Waals surface area (Å²) in [5.74, 6) is -1.99. The minimum absolute atomic E-state index is 0.325. The summed E-state index contributed by atoms with van der Waals surface area (Å²) < 4.78 is 28.4. The molecule has 0 aromatic rings. The van der Waals surface area contributed by atoms with Crippen LogP contribution in [0.4, 0.5) is 0 Å². The minimum atomic E-state index is -1.32. The molecule has 138 valence electrons. The average molecular weight is 345 g/mol. The number of hydrogen-bond donors (Lipinski definition) is 1. The summed E-state index contributed by atoms with van der Waals surface area (Å²) in [6, 6.07) is 0. The average Bonchev–Trinajstić information content (AvgIpc) is 3.05. The standard InChI is InChI=1S/C16H27NO7/c1-15(2)21-9-10(22-15)12-13(24-16(3,4)23-12)11(18)14(19)17-5-7-20-8-6-17/h10-13,18H,5-9H2,1-4H3/t10-,11-,12-,13-/m1/s1. The first-order valence-corrected chi connectivity index (χ1v) is 8.40. The lowest BCUT2D eigenvalue weighted by Crippen LogP contribution is -2.53. The van der Waals surface area contributed by atoms with Crippen molar-refractivity contribution in [1.29, 1.82) is 0 Å². The van der Waals surface area contributed by atoms with Gasteiger partial charge in [-0.2, -0.15) is 0 Å². The smallest absolute Gasteiger partial charge is 0.254 e. The van der Waals surface area contributed by atoms with Crippen LogP contribution in [-0.2, 0) is 28.5 Å². The second-order valence-electron chi connectivity index (χ2n) is 7.31. The van der Waals surface area contributed by atoms with E-state index in [1.165, 1.54) is 0 Å². The predicted octanol–water partition coefficient (Wildman–Crippen LogP) is -0.122. The monoisotopic (exact) mass is 345 g/mol. The number of carbonyl (C=O) groups excluding carboxylic acids is 1. The van der Waals surface area contributed by atoms with Gasteiger partial charge in [-0.1, -0.05) is 0 Å². The number of aliphatic hydroxyl groups is 1. The molecule has 4 atom stereocenters. The molecule has 3 saturated heterocycles. The quantitative estimate of drug-likeness (QED) is 0.763. The summed E-state index contributed by atoms with van der Waals surface area (Å²) in [6.45, 7) is 9.36. The lowest BCUT2D eigenvalue weighted by Gasteiger charge is -2.32. The van der Waals surface area contributed by atoms with E-state index in [9.17, 15) is 9.90 Å². The van der Waals surface area contributed by atoms with E-state index in [1.807, 2.05) is 13.8 Å².